The second-order valence-electron chi connectivity index (χ2n) is 4.76. The van der Waals surface area contributed by atoms with E-state index in [2.05, 4.69) is 47.1 Å². The van der Waals surface area contributed by atoms with Gasteiger partial charge in [-0.25, -0.2) is 0 Å². The minimum Gasteiger partial charge on any atom is -0.0891 e. The summed E-state index contributed by atoms with van der Waals surface area (Å²) >= 11 is 3.76. The van der Waals surface area contributed by atoms with Gasteiger partial charge in [-0.3, -0.25) is 0 Å². The molecule has 0 radical (unpaired) electrons. The van der Waals surface area contributed by atoms with Crippen LogP contribution < -0.4 is 0 Å². The summed E-state index contributed by atoms with van der Waals surface area (Å²) in [4.78, 5) is 0.764. The van der Waals surface area contributed by atoms with Crippen LogP contribution in [0.3, 0.4) is 0 Å². The highest BCUT2D eigenvalue weighted by atomic mass is 79.9. The van der Waals surface area contributed by atoms with Crippen molar-refractivity contribution in [2.75, 3.05) is 0 Å². The summed E-state index contributed by atoms with van der Waals surface area (Å²) in [6.07, 6.45) is 6.80. The predicted molar refractivity (Wildman–Crippen MR) is 69.6 cm³/mol. The van der Waals surface area contributed by atoms with Gasteiger partial charge in [0.1, 0.15) is 0 Å². The summed E-state index contributed by atoms with van der Waals surface area (Å²) in [5.74, 6) is 0.893. The van der Waals surface area contributed by atoms with Crippen LogP contribution in [-0.4, -0.2) is 4.83 Å². The molecule has 15 heavy (non-hydrogen) atoms. The van der Waals surface area contributed by atoms with Crippen LogP contribution in [0.4, 0.5) is 0 Å². The van der Waals surface area contributed by atoms with Gasteiger partial charge in [-0.05, 0) is 43.2 Å². The Labute approximate surface area is 101 Å². The lowest BCUT2D eigenvalue weighted by Gasteiger charge is -2.26. The highest BCUT2D eigenvalue weighted by molar-refractivity contribution is 9.09. The SMILES string of the molecule is Cc1ccccc1CC1CCCC(Br)C1. The van der Waals surface area contributed by atoms with Gasteiger partial charge in [0.25, 0.3) is 0 Å². The summed E-state index contributed by atoms with van der Waals surface area (Å²) in [5, 5.41) is 0. The maximum Gasteiger partial charge on any atom is 0.0148 e. The molecule has 1 fully saturated rings. The Morgan fingerprint density at radius 3 is 2.80 bits per heavy atom. The Balaban J connectivity index is 1.99. The molecule has 2 rings (SSSR count). The van der Waals surface area contributed by atoms with Crippen molar-refractivity contribution in [3.8, 4) is 0 Å². The van der Waals surface area contributed by atoms with E-state index in [9.17, 15) is 0 Å². The zero-order valence-corrected chi connectivity index (χ0v) is 11.0. The average Bonchev–Trinajstić information content (AvgIpc) is 2.22. The van der Waals surface area contributed by atoms with Crippen molar-refractivity contribution >= 4 is 15.9 Å². The van der Waals surface area contributed by atoms with Crippen LogP contribution >= 0.6 is 15.9 Å². The van der Waals surface area contributed by atoms with E-state index < -0.39 is 0 Å². The third-order valence-electron chi connectivity index (χ3n) is 3.49. The zero-order chi connectivity index (χ0) is 10.7. The van der Waals surface area contributed by atoms with Gasteiger partial charge in [0.15, 0.2) is 0 Å². The number of alkyl halides is 1. The lowest BCUT2D eigenvalue weighted by Crippen LogP contribution is -2.17. The maximum absolute atomic E-state index is 3.76. The molecule has 1 saturated carbocycles. The molecule has 2 atom stereocenters. The van der Waals surface area contributed by atoms with Gasteiger partial charge in [-0.2, -0.15) is 0 Å². The molecular formula is C14H19Br. The first kappa shape index (κ1) is 11.2. The first-order chi connectivity index (χ1) is 7.25. The van der Waals surface area contributed by atoms with Gasteiger partial charge in [0.2, 0.25) is 0 Å². The van der Waals surface area contributed by atoms with Crippen molar-refractivity contribution in [2.45, 2.75) is 43.9 Å². The van der Waals surface area contributed by atoms with E-state index in [0.717, 1.165) is 10.7 Å². The molecule has 0 saturated heterocycles. The molecule has 0 aromatic heterocycles. The quantitative estimate of drug-likeness (QED) is 0.692. The van der Waals surface area contributed by atoms with Crippen molar-refractivity contribution in [3.05, 3.63) is 35.4 Å². The van der Waals surface area contributed by atoms with Crippen LogP contribution in [0.1, 0.15) is 36.8 Å². The number of benzene rings is 1. The van der Waals surface area contributed by atoms with Gasteiger partial charge < -0.3 is 0 Å². The molecule has 0 spiro atoms. The smallest absolute Gasteiger partial charge is 0.0148 e. The molecule has 1 aliphatic carbocycles. The van der Waals surface area contributed by atoms with Gasteiger partial charge in [-0.15, -0.1) is 0 Å². The van der Waals surface area contributed by atoms with Crippen molar-refractivity contribution in [1.82, 2.24) is 0 Å². The summed E-state index contributed by atoms with van der Waals surface area (Å²) in [5.41, 5.74) is 3.00. The molecule has 82 valence electrons. The van der Waals surface area contributed by atoms with Crippen molar-refractivity contribution in [1.29, 1.82) is 0 Å². The Bertz CT molecular complexity index is 319. The molecule has 2 unspecified atom stereocenters. The third-order valence-corrected chi connectivity index (χ3v) is 4.32. The molecule has 1 heteroatoms. The first-order valence-corrected chi connectivity index (χ1v) is 6.86. The monoisotopic (exact) mass is 266 g/mol. The summed E-state index contributed by atoms with van der Waals surface area (Å²) in [7, 11) is 0. The third kappa shape index (κ3) is 3.07. The van der Waals surface area contributed by atoms with Crippen molar-refractivity contribution in [2.24, 2.45) is 5.92 Å². The number of aryl methyl sites for hydroxylation is 1. The van der Waals surface area contributed by atoms with Gasteiger partial charge in [-0.1, -0.05) is 53.0 Å². The molecule has 0 nitrogen and oxygen atoms in total. The maximum atomic E-state index is 3.76. The molecule has 1 aromatic carbocycles. The van der Waals surface area contributed by atoms with Crippen LogP contribution in [0.2, 0.25) is 0 Å². The Kier molecular flexibility index (Phi) is 3.85. The topological polar surface area (TPSA) is 0 Å². The van der Waals surface area contributed by atoms with Gasteiger partial charge in [0, 0.05) is 4.83 Å². The lowest BCUT2D eigenvalue weighted by molar-refractivity contribution is 0.367. The zero-order valence-electron chi connectivity index (χ0n) is 9.38. The van der Waals surface area contributed by atoms with E-state index >= 15 is 0 Å². The standard InChI is InChI=1S/C14H19Br/c1-11-5-2-3-7-13(11)9-12-6-4-8-14(15)10-12/h2-3,5,7,12,14H,4,6,8-10H2,1H3. The predicted octanol–water partition coefficient (Wildman–Crippen LogP) is 4.49. The molecular weight excluding hydrogens is 248 g/mol. The number of halogens is 1. The van der Waals surface area contributed by atoms with Crippen LogP contribution in [0.25, 0.3) is 0 Å². The molecule has 0 amide bonds. The Morgan fingerprint density at radius 1 is 1.27 bits per heavy atom. The van der Waals surface area contributed by atoms with Gasteiger partial charge in [0.05, 0.1) is 0 Å². The van der Waals surface area contributed by atoms with Crippen LogP contribution in [-0.2, 0) is 6.42 Å². The van der Waals surface area contributed by atoms with E-state index in [-0.39, 0.29) is 0 Å². The van der Waals surface area contributed by atoms with Crippen LogP contribution in [0, 0.1) is 12.8 Å². The fourth-order valence-electron chi connectivity index (χ4n) is 2.56. The van der Waals surface area contributed by atoms with E-state index in [1.807, 2.05) is 0 Å². The molecule has 0 aliphatic heterocycles. The molecule has 1 aromatic rings. The first-order valence-electron chi connectivity index (χ1n) is 5.94. The lowest BCUT2D eigenvalue weighted by atomic mass is 9.84. The second-order valence-corrected chi connectivity index (χ2v) is 6.06. The normalized spacial score (nSPS) is 26.5. The van der Waals surface area contributed by atoms with Crippen LogP contribution in [0.15, 0.2) is 24.3 Å². The molecule has 0 heterocycles. The largest absolute Gasteiger partial charge is 0.0891 e. The number of hydrogen-bond donors (Lipinski definition) is 0. The molecule has 0 N–H and O–H groups in total. The van der Waals surface area contributed by atoms with E-state index in [1.54, 1.807) is 5.56 Å². The van der Waals surface area contributed by atoms with E-state index in [4.69, 9.17) is 0 Å². The highest BCUT2D eigenvalue weighted by Gasteiger charge is 2.20. The van der Waals surface area contributed by atoms with E-state index in [1.165, 1.54) is 37.7 Å². The minimum absolute atomic E-state index is 0.764. The molecule has 1 aliphatic rings. The summed E-state index contributed by atoms with van der Waals surface area (Å²) < 4.78 is 0. The van der Waals surface area contributed by atoms with E-state index in [0.29, 0.717) is 0 Å². The second kappa shape index (κ2) is 5.16. The van der Waals surface area contributed by atoms with Crippen molar-refractivity contribution in [3.63, 3.8) is 0 Å². The van der Waals surface area contributed by atoms with Crippen LogP contribution in [0.5, 0.6) is 0 Å². The number of hydrogen-bond acceptors (Lipinski definition) is 0. The summed E-state index contributed by atoms with van der Waals surface area (Å²) in [6, 6.07) is 8.81. The Morgan fingerprint density at radius 2 is 2.07 bits per heavy atom. The Hall–Kier alpha value is -0.300. The van der Waals surface area contributed by atoms with Gasteiger partial charge >= 0.3 is 0 Å². The summed E-state index contributed by atoms with van der Waals surface area (Å²) in [6.45, 7) is 2.23. The molecule has 0 bridgehead atoms. The minimum atomic E-state index is 0.764. The van der Waals surface area contributed by atoms with Crippen molar-refractivity contribution < 1.29 is 0 Å². The fourth-order valence-corrected chi connectivity index (χ4v) is 3.41. The number of rotatable bonds is 2. The fraction of sp³-hybridized carbons (Fsp3) is 0.571. The highest BCUT2D eigenvalue weighted by Crippen LogP contribution is 2.31. The average molecular weight is 267 g/mol.